The third-order valence-corrected chi connectivity index (χ3v) is 3.40. The second-order valence-electron chi connectivity index (χ2n) is 5.44. The summed E-state index contributed by atoms with van der Waals surface area (Å²) in [6.45, 7) is 5.50. The average molecular weight is 257 g/mol. The van der Waals surface area contributed by atoms with Crippen molar-refractivity contribution in [1.29, 1.82) is 0 Å². The molecular weight excluding hydrogens is 234 g/mol. The van der Waals surface area contributed by atoms with Gasteiger partial charge in [0.25, 0.3) is 0 Å². The van der Waals surface area contributed by atoms with Gasteiger partial charge in [0, 0.05) is 6.54 Å². The lowest BCUT2D eigenvalue weighted by Gasteiger charge is -2.15. The predicted molar refractivity (Wildman–Crippen MR) is 78.8 cm³/mol. The van der Waals surface area contributed by atoms with E-state index in [1.807, 2.05) is 30.7 Å². The number of aryl methyl sites for hydroxylation is 1. The molecule has 0 radical (unpaired) electrons. The molecule has 0 spiro atoms. The lowest BCUT2D eigenvalue weighted by atomic mass is 10.0. The first kappa shape index (κ1) is 13.8. The molecule has 102 valence electrons. The molecule has 3 nitrogen and oxygen atoms in total. The number of hydrogen-bond acceptors (Lipinski definition) is 2. The Morgan fingerprint density at radius 3 is 2.63 bits per heavy atom. The zero-order chi connectivity index (χ0) is 13.7. The highest BCUT2D eigenvalue weighted by Gasteiger charge is 2.13. The summed E-state index contributed by atoms with van der Waals surface area (Å²) in [7, 11) is 0. The van der Waals surface area contributed by atoms with Crippen LogP contribution in [0.2, 0.25) is 0 Å². The van der Waals surface area contributed by atoms with E-state index >= 15 is 0 Å². The number of hydrogen-bond donors (Lipinski definition) is 1. The van der Waals surface area contributed by atoms with E-state index in [9.17, 15) is 0 Å². The first-order valence-corrected chi connectivity index (χ1v) is 6.99. The average Bonchev–Trinajstić information content (AvgIpc) is 2.87. The Hall–Kier alpha value is -1.61. The van der Waals surface area contributed by atoms with Crippen LogP contribution in [0.5, 0.6) is 0 Å². The molecule has 0 fully saturated rings. The lowest BCUT2D eigenvalue weighted by molar-refractivity contribution is 0.502. The van der Waals surface area contributed by atoms with E-state index in [0.29, 0.717) is 0 Å². The number of nitrogens with zero attached hydrogens (tertiary/aromatic N) is 2. The Labute approximate surface area is 115 Å². The highest BCUT2D eigenvalue weighted by molar-refractivity contribution is 5.26. The minimum Gasteiger partial charge on any atom is -0.333 e. The molecule has 2 aromatic rings. The molecule has 19 heavy (non-hydrogen) atoms. The minimum absolute atomic E-state index is 0.0947. The van der Waals surface area contributed by atoms with E-state index in [4.69, 9.17) is 5.73 Å². The van der Waals surface area contributed by atoms with E-state index in [1.165, 1.54) is 12.8 Å². The van der Waals surface area contributed by atoms with Gasteiger partial charge in [0.15, 0.2) is 0 Å². The normalized spacial score (nSPS) is 12.8. The van der Waals surface area contributed by atoms with Crippen LogP contribution < -0.4 is 5.73 Å². The van der Waals surface area contributed by atoms with Gasteiger partial charge in [-0.05, 0) is 24.3 Å². The standard InChI is InChI=1S/C16H23N3/c1-13(2)7-6-10-19-12-18-11-15(19)16(17)14-8-4-3-5-9-14/h3-5,8-9,11-13,16H,6-7,10,17H2,1-2H3. The number of imidazole rings is 1. The molecule has 1 atom stereocenters. The molecule has 1 heterocycles. The molecule has 0 bridgehead atoms. The smallest absolute Gasteiger partial charge is 0.0948 e. The summed E-state index contributed by atoms with van der Waals surface area (Å²) in [6.07, 6.45) is 6.17. The molecule has 0 aliphatic carbocycles. The van der Waals surface area contributed by atoms with Crippen molar-refractivity contribution in [3.63, 3.8) is 0 Å². The van der Waals surface area contributed by atoms with Crippen molar-refractivity contribution in [1.82, 2.24) is 9.55 Å². The summed E-state index contributed by atoms with van der Waals surface area (Å²) in [5, 5.41) is 0. The van der Waals surface area contributed by atoms with Crippen LogP contribution >= 0.6 is 0 Å². The van der Waals surface area contributed by atoms with Crippen LogP contribution in [-0.2, 0) is 6.54 Å². The summed E-state index contributed by atoms with van der Waals surface area (Å²) < 4.78 is 2.18. The Morgan fingerprint density at radius 2 is 1.95 bits per heavy atom. The lowest BCUT2D eigenvalue weighted by Crippen LogP contribution is -2.16. The van der Waals surface area contributed by atoms with Crippen LogP contribution in [0.1, 0.15) is 44.0 Å². The Morgan fingerprint density at radius 1 is 1.21 bits per heavy atom. The van der Waals surface area contributed by atoms with Crippen molar-refractivity contribution < 1.29 is 0 Å². The summed E-state index contributed by atoms with van der Waals surface area (Å²) >= 11 is 0. The first-order valence-electron chi connectivity index (χ1n) is 6.99. The highest BCUT2D eigenvalue weighted by Crippen LogP contribution is 2.19. The van der Waals surface area contributed by atoms with Crippen molar-refractivity contribution in [2.75, 3.05) is 0 Å². The number of rotatable bonds is 6. The Balaban J connectivity index is 2.06. The third-order valence-electron chi connectivity index (χ3n) is 3.40. The molecule has 1 aromatic heterocycles. The SMILES string of the molecule is CC(C)CCCn1cncc1C(N)c1ccccc1. The molecule has 0 amide bonds. The maximum absolute atomic E-state index is 6.33. The van der Waals surface area contributed by atoms with Gasteiger partial charge in [0.1, 0.15) is 0 Å². The van der Waals surface area contributed by atoms with Crippen LogP contribution in [-0.4, -0.2) is 9.55 Å². The quantitative estimate of drug-likeness (QED) is 0.862. The van der Waals surface area contributed by atoms with E-state index in [1.54, 1.807) is 0 Å². The summed E-state index contributed by atoms with van der Waals surface area (Å²) in [4.78, 5) is 4.25. The first-order chi connectivity index (χ1) is 9.18. The van der Waals surface area contributed by atoms with Gasteiger partial charge >= 0.3 is 0 Å². The molecular formula is C16H23N3. The number of benzene rings is 1. The molecule has 1 unspecified atom stereocenters. The van der Waals surface area contributed by atoms with Crippen molar-refractivity contribution >= 4 is 0 Å². The van der Waals surface area contributed by atoms with E-state index in [2.05, 4.69) is 35.5 Å². The zero-order valence-corrected chi connectivity index (χ0v) is 11.8. The molecule has 1 aromatic carbocycles. The van der Waals surface area contributed by atoms with Gasteiger partial charge in [-0.3, -0.25) is 0 Å². The summed E-state index contributed by atoms with van der Waals surface area (Å²) in [5.74, 6) is 0.745. The van der Waals surface area contributed by atoms with E-state index in [0.717, 1.165) is 23.7 Å². The Kier molecular flexibility index (Phi) is 4.74. The summed E-state index contributed by atoms with van der Waals surface area (Å²) in [5.41, 5.74) is 8.56. The molecule has 2 rings (SSSR count). The van der Waals surface area contributed by atoms with Crippen LogP contribution in [0, 0.1) is 5.92 Å². The van der Waals surface area contributed by atoms with E-state index < -0.39 is 0 Å². The van der Waals surface area contributed by atoms with Crippen LogP contribution in [0.25, 0.3) is 0 Å². The predicted octanol–water partition coefficient (Wildman–Crippen LogP) is 3.37. The van der Waals surface area contributed by atoms with Crippen molar-refractivity contribution in [3.8, 4) is 0 Å². The van der Waals surface area contributed by atoms with Crippen molar-refractivity contribution in [3.05, 3.63) is 54.1 Å². The maximum atomic E-state index is 6.33. The number of nitrogens with two attached hydrogens (primary N) is 1. The zero-order valence-electron chi connectivity index (χ0n) is 11.8. The van der Waals surface area contributed by atoms with Gasteiger partial charge in [0.2, 0.25) is 0 Å². The van der Waals surface area contributed by atoms with Gasteiger partial charge < -0.3 is 10.3 Å². The van der Waals surface area contributed by atoms with Crippen molar-refractivity contribution in [2.24, 2.45) is 11.7 Å². The monoisotopic (exact) mass is 257 g/mol. The summed E-state index contributed by atoms with van der Waals surface area (Å²) in [6, 6.07) is 10.1. The highest BCUT2D eigenvalue weighted by atomic mass is 15.1. The van der Waals surface area contributed by atoms with Gasteiger partial charge in [-0.15, -0.1) is 0 Å². The van der Waals surface area contributed by atoms with Gasteiger partial charge in [0.05, 0.1) is 24.3 Å². The third kappa shape index (κ3) is 3.67. The second kappa shape index (κ2) is 6.53. The van der Waals surface area contributed by atoms with Crippen LogP contribution in [0.4, 0.5) is 0 Å². The van der Waals surface area contributed by atoms with Gasteiger partial charge in [-0.25, -0.2) is 4.98 Å². The fourth-order valence-corrected chi connectivity index (χ4v) is 2.28. The molecule has 0 aliphatic rings. The molecule has 0 aliphatic heterocycles. The largest absolute Gasteiger partial charge is 0.333 e. The molecule has 3 heteroatoms. The minimum atomic E-state index is -0.0947. The van der Waals surface area contributed by atoms with Crippen LogP contribution in [0.15, 0.2) is 42.9 Å². The fraction of sp³-hybridized carbons (Fsp3) is 0.438. The van der Waals surface area contributed by atoms with Gasteiger partial charge in [-0.1, -0.05) is 44.2 Å². The Bertz CT molecular complexity index is 488. The number of aromatic nitrogens is 2. The van der Waals surface area contributed by atoms with E-state index in [-0.39, 0.29) is 6.04 Å². The molecule has 2 N–H and O–H groups in total. The topological polar surface area (TPSA) is 43.8 Å². The van der Waals surface area contributed by atoms with Crippen molar-refractivity contribution in [2.45, 2.75) is 39.3 Å². The molecule has 0 saturated carbocycles. The van der Waals surface area contributed by atoms with Crippen LogP contribution in [0.3, 0.4) is 0 Å². The van der Waals surface area contributed by atoms with Gasteiger partial charge in [-0.2, -0.15) is 0 Å². The molecule has 0 saturated heterocycles. The fourth-order valence-electron chi connectivity index (χ4n) is 2.28. The maximum Gasteiger partial charge on any atom is 0.0948 e. The second-order valence-corrected chi connectivity index (χ2v) is 5.44.